The predicted molar refractivity (Wildman–Crippen MR) is 78.2 cm³/mol. The van der Waals surface area contributed by atoms with E-state index in [0.29, 0.717) is 11.7 Å². The van der Waals surface area contributed by atoms with E-state index >= 15 is 0 Å². The van der Waals surface area contributed by atoms with Gasteiger partial charge in [-0.1, -0.05) is 0 Å². The van der Waals surface area contributed by atoms with Crippen molar-refractivity contribution >= 4 is 23.1 Å². The van der Waals surface area contributed by atoms with Gasteiger partial charge >= 0.3 is 0 Å². The maximum absolute atomic E-state index is 10.9. The number of anilines is 1. The molecule has 0 bridgehead atoms. The summed E-state index contributed by atoms with van der Waals surface area (Å²) in [6.45, 7) is 4.55. The molecule has 20 heavy (non-hydrogen) atoms. The second kappa shape index (κ2) is 6.33. The minimum Gasteiger partial charge on any atom is -0.385 e. The number of aromatic nitrogens is 2. The van der Waals surface area contributed by atoms with E-state index in [1.54, 1.807) is 12.4 Å². The number of nitrogens with one attached hydrogen (secondary N) is 1. The molecule has 0 radical (unpaired) electrons. The molecule has 0 aliphatic heterocycles. The molecule has 1 aromatic heterocycles. The van der Waals surface area contributed by atoms with Gasteiger partial charge in [0, 0.05) is 41.7 Å². The summed E-state index contributed by atoms with van der Waals surface area (Å²) < 4.78 is 0. The molecule has 1 heterocycles. The van der Waals surface area contributed by atoms with Crippen molar-refractivity contribution < 1.29 is 4.92 Å². The Kier molecular flexibility index (Phi) is 4.52. The SMILES string of the molecule is CCNc1cc(Sc2ncc(C)cn2)cc([N+](=O)[O-])c1. The lowest BCUT2D eigenvalue weighted by atomic mass is 10.3. The summed E-state index contributed by atoms with van der Waals surface area (Å²) in [6, 6.07) is 4.89. The molecule has 0 saturated heterocycles. The highest BCUT2D eigenvalue weighted by Gasteiger charge is 2.11. The van der Waals surface area contributed by atoms with Crippen molar-refractivity contribution in [2.24, 2.45) is 0 Å². The molecule has 0 unspecified atom stereocenters. The molecule has 0 atom stereocenters. The van der Waals surface area contributed by atoms with Gasteiger partial charge in [-0.25, -0.2) is 9.97 Å². The Morgan fingerprint density at radius 3 is 2.60 bits per heavy atom. The van der Waals surface area contributed by atoms with Gasteiger partial charge in [0.1, 0.15) is 0 Å². The van der Waals surface area contributed by atoms with Crippen LogP contribution in [0.2, 0.25) is 0 Å². The van der Waals surface area contributed by atoms with Crippen LogP contribution in [-0.2, 0) is 0 Å². The molecular formula is C13H14N4O2S. The summed E-state index contributed by atoms with van der Waals surface area (Å²) in [5, 5.41) is 14.6. The normalized spacial score (nSPS) is 10.3. The number of non-ortho nitro benzene ring substituents is 1. The quantitative estimate of drug-likeness (QED) is 0.517. The lowest BCUT2D eigenvalue weighted by Gasteiger charge is -2.06. The highest BCUT2D eigenvalue weighted by Crippen LogP contribution is 2.31. The van der Waals surface area contributed by atoms with Gasteiger partial charge in [0.25, 0.3) is 5.69 Å². The highest BCUT2D eigenvalue weighted by molar-refractivity contribution is 7.99. The molecule has 2 aromatic rings. The fourth-order valence-corrected chi connectivity index (χ4v) is 2.38. The first-order chi connectivity index (χ1) is 9.58. The van der Waals surface area contributed by atoms with Crippen molar-refractivity contribution in [2.75, 3.05) is 11.9 Å². The average Bonchev–Trinajstić information content (AvgIpc) is 2.41. The second-order valence-corrected chi connectivity index (χ2v) is 5.19. The zero-order valence-corrected chi connectivity index (χ0v) is 12.0. The van der Waals surface area contributed by atoms with Crippen molar-refractivity contribution in [1.82, 2.24) is 9.97 Å². The van der Waals surface area contributed by atoms with E-state index < -0.39 is 4.92 Å². The monoisotopic (exact) mass is 290 g/mol. The van der Waals surface area contributed by atoms with Crippen LogP contribution in [0, 0.1) is 17.0 Å². The van der Waals surface area contributed by atoms with Crippen LogP contribution < -0.4 is 5.32 Å². The molecule has 6 nitrogen and oxygen atoms in total. The number of nitro benzene ring substituents is 1. The van der Waals surface area contributed by atoms with Gasteiger partial charge in [0.05, 0.1) is 4.92 Å². The maximum Gasteiger partial charge on any atom is 0.272 e. The lowest BCUT2D eigenvalue weighted by Crippen LogP contribution is -1.98. The topological polar surface area (TPSA) is 81.0 Å². The van der Waals surface area contributed by atoms with Crippen LogP contribution in [0.1, 0.15) is 12.5 Å². The highest BCUT2D eigenvalue weighted by atomic mass is 32.2. The number of aryl methyl sites for hydroxylation is 1. The summed E-state index contributed by atoms with van der Waals surface area (Å²) in [4.78, 5) is 19.6. The van der Waals surface area contributed by atoms with E-state index in [0.717, 1.165) is 16.1 Å². The average molecular weight is 290 g/mol. The van der Waals surface area contributed by atoms with E-state index in [4.69, 9.17) is 0 Å². The summed E-state index contributed by atoms with van der Waals surface area (Å²) in [5.74, 6) is 0. The van der Waals surface area contributed by atoms with Crippen LogP contribution >= 0.6 is 11.8 Å². The summed E-state index contributed by atoms with van der Waals surface area (Å²) in [6.07, 6.45) is 3.44. The number of nitrogens with zero attached hydrogens (tertiary/aromatic N) is 3. The third-order valence-electron chi connectivity index (χ3n) is 2.45. The Hall–Kier alpha value is -2.15. The largest absolute Gasteiger partial charge is 0.385 e. The first kappa shape index (κ1) is 14.3. The second-order valence-electron chi connectivity index (χ2n) is 4.15. The summed E-state index contributed by atoms with van der Waals surface area (Å²) in [5.41, 5.74) is 1.75. The Balaban J connectivity index is 2.29. The van der Waals surface area contributed by atoms with E-state index in [-0.39, 0.29) is 5.69 Å². The number of hydrogen-bond donors (Lipinski definition) is 1. The van der Waals surface area contributed by atoms with Gasteiger partial charge in [0.15, 0.2) is 5.16 Å². The fraction of sp³-hybridized carbons (Fsp3) is 0.231. The van der Waals surface area contributed by atoms with E-state index in [9.17, 15) is 10.1 Å². The zero-order chi connectivity index (χ0) is 14.5. The third-order valence-corrected chi connectivity index (χ3v) is 3.31. The summed E-state index contributed by atoms with van der Waals surface area (Å²) >= 11 is 1.30. The van der Waals surface area contributed by atoms with E-state index in [2.05, 4.69) is 15.3 Å². The van der Waals surface area contributed by atoms with Crippen molar-refractivity contribution in [3.63, 3.8) is 0 Å². The number of rotatable bonds is 5. The Morgan fingerprint density at radius 1 is 1.30 bits per heavy atom. The molecule has 0 fully saturated rings. The Labute approximate surface area is 120 Å². The van der Waals surface area contributed by atoms with Crippen LogP contribution in [0.25, 0.3) is 0 Å². The number of benzene rings is 1. The number of hydrogen-bond acceptors (Lipinski definition) is 6. The van der Waals surface area contributed by atoms with Crippen LogP contribution in [0.4, 0.5) is 11.4 Å². The van der Waals surface area contributed by atoms with Crippen molar-refractivity contribution in [1.29, 1.82) is 0 Å². The zero-order valence-electron chi connectivity index (χ0n) is 11.2. The van der Waals surface area contributed by atoms with Crippen LogP contribution in [0.5, 0.6) is 0 Å². The van der Waals surface area contributed by atoms with Gasteiger partial charge in [-0.3, -0.25) is 10.1 Å². The van der Waals surface area contributed by atoms with Crippen LogP contribution in [0.3, 0.4) is 0 Å². The Morgan fingerprint density at radius 2 is 2.00 bits per heavy atom. The molecule has 0 aliphatic rings. The standard InChI is InChI=1S/C13H14N4O2S/c1-3-14-10-4-11(17(18)19)6-12(5-10)20-13-15-7-9(2)8-16-13/h4-8,14H,3H2,1-2H3. The van der Waals surface area contributed by atoms with Crippen molar-refractivity contribution in [3.05, 3.63) is 46.3 Å². The molecule has 0 saturated carbocycles. The predicted octanol–water partition coefficient (Wildman–Crippen LogP) is 3.28. The Bertz CT molecular complexity index is 616. The molecule has 1 aromatic carbocycles. The van der Waals surface area contributed by atoms with Crippen molar-refractivity contribution in [3.8, 4) is 0 Å². The first-order valence-corrected chi connectivity index (χ1v) is 6.90. The van der Waals surface area contributed by atoms with Gasteiger partial charge < -0.3 is 5.32 Å². The molecule has 104 valence electrons. The third kappa shape index (κ3) is 3.67. The molecule has 0 amide bonds. The van der Waals surface area contributed by atoms with Crippen molar-refractivity contribution in [2.45, 2.75) is 23.9 Å². The molecule has 2 rings (SSSR count). The van der Waals surface area contributed by atoms with Gasteiger partial charge in [0.2, 0.25) is 0 Å². The fourth-order valence-electron chi connectivity index (χ4n) is 1.59. The molecular weight excluding hydrogens is 276 g/mol. The minimum absolute atomic E-state index is 0.0538. The molecule has 0 spiro atoms. The lowest BCUT2D eigenvalue weighted by molar-refractivity contribution is -0.385. The van der Waals surface area contributed by atoms with Crippen LogP contribution in [-0.4, -0.2) is 21.4 Å². The van der Waals surface area contributed by atoms with E-state index in [1.165, 1.54) is 23.9 Å². The van der Waals surface area contributed by atoms with Gasteiger partial charge in [-0.15, -0.1) is 0 Å². The summed E-state index contributed by atoms with van der Waals surface area (Å²) in [7, 11) is 0. The smallest absolute Gasteiger partial charge is 0.272 e. The van der Waals surface area contributed by atoms with E-state index in [1.807, 2.05) is 19.9 Å². The molecule has 7 heteroatoms. The number of nitro groups is 1. The molecule has 0 aliphatic carbocycles. The minimum atomic E-state index is -0.402. The van der Waals surface area contributed by atoms with Gasteiger partial charge in [-0.05, 0) is 37.2 Å². The maximum atomic E-state index is 10.9. The van der Waals surface area contributed by atoms with Gasteiger partial charge in [-0.2, -0.15) is 0 Å². The molecule has 1 N–H and O–H groups in total. The van der Waals surface area contributed by atoms with Crippen LogP contribution in [0.15, 0.2) is 40.6 Å². The first-order valence-electron chi connectivity index (χ1n) is 6.08.